The van der Waals surface area contributed by atoms with Crippen LogP contribution in [0.4, 0.5) is 5.82 Å². The minimum atomic E-state index is 0.228. The minimum Gasteiger partial charge on any atom is -0.374 e. The van der Waals surface area contributed by atoms with Crippen molar-refractivity contribution in [3.63, 3.8) is 0 Å². The number of hydrogen-bond acceptors (Lipinski definition) is 5. The molecule has 0 saturated carbocycles. The van der Waals surface area contributed by atoms with Crippen molar-refractivity contribution in [1.29, 1.82) is 0 Å². The lowest BCUT2D eigenvalue weighted by molar-refractivity contribution is 0.0372. The number of anilines is 1. The van der Waals surface area contributed by atoms with Gasteiger partial charge in [-0.25, -0.2) is 0 Å². The SMILES string of the molecule is c1cnnc(NC[C@@H]2CNCCO2)c1. The predicted molar refractivity (Wildman–Crippen MR) is 53.1 cm³/mol. The third kappa shape index (κ3) is 2.65. The average molecular weight is 194 g/mol. The highest BCUT2D eigenvalue weighted by atomic mass is 16.5. The molecule has 2 rings (SSSR count). The predicted octanol–water partition coefficient (Wildman–Crippen LogP) is -0.123. The van der Waals surface area contributed by atoms with Crippen molar-refractivity contribution < 1.29 is 4.74 Å². The second-order valence-corrected chi connectivity index (χ2v) is 3.19. The normalized spacial score (nSPS) is 21.9. The Labute approximate surface area is 82.9 Å². The standard InChI is InChI=1S/C9H14N4O/c1-2-9(13-12-3-1)11-7-8-6-10-4-5-14-8/h1-3,8,10H,4-7H2,(H,11,13)/t8-/m0/s1. The third-order valence-electron chi connectivity index (χ3n) is 2.09. The first-order chi connectivity index (χ1) is 6.95. The summed E-state index contributed by atoms with van der Waals surface area (Å²) in [5.41, 5.74) is 0. The summed E-state index contributed by atoms with van der Waals surface area (Å²) in [6, 6.07) is 3.75. The van der Waals surface area contributed by atoms with Gasteiger partial charge < -0.3 is 15.4 Å². The van der Waals surface area contributed by atoms with E-state index in [1.54, 1.807) is 6.20 Å². The summed E-state index contributed by atoms with van der Waals surface area (Å²) in [7, 11) is 0. The molecular formula is C9H14N4O. The van der Waals surface area contributed by atoms with Crippen LogP contribution >= 0.6 is 0 Å². The Morgan fingerprint density at radius 2 is 2.64 bits per heavy atom. The maximum Gasteiger partial charge on any atom is 0.148 e. The topological polar surface area (TPSA) is 59.1 Å². The molecule has 0 aromatic carbocycles. The van der Waals surface area contributed by atoms with Gasteiger partial charge in [0.25, 0.3) is 0 Å². The van der Waals surface area contributed by atoms with E-state index >= 15 is 0 Å². The fourth-order valence-corrected chi connectivity index (χ4v) is 1.37. The van der Waals surface area contributed by atoms with Crippen LogP contribution in [-0.4, -0.2) is 42.5 Å². The molecule has 1 aromatic heterocycles. The van der Waals surface area contributed by atoms with Gasteiger partial charge in [-0.05, 0) is 12.1 Å². The molecule has 5 nitrogen and oxygen atoms in total. The van der Waals surface area contributed by atoms with Crippen LogP contribution in [0.3, 0.4) is 0 Å². The third-order valence-corrected chi connectivity index (χ3v) is 2.09. The maximum atomic E-state index is 5.53. The second-order valence-electron chi connectivity index (χ2n) is 3.19. The smallest absolute Gasteiger partial charge is 0.148 e. The number of nitrogens with zero attached hydrogens (tertiary/aromatic N) is 2. The number of hydrogen-bond donors (Lipinski definition) is 2. The Kier molecular flexibility index (Phi) is 3.26. The van der Waals surface area contributed by atoms with Crippen molar-refractivity contribution in [2.75, 3.05) is 31.6 Å². The molecule has 0 radical (unpaired) electrons. The number of aromatic nitrogens is 2. The zero-order chi connectivity index (χ0) is 9.64. The summed E-state index contributed by atoms with van der Waals surface area (Å²) in [6.07, 6.45) is 1.88. The summed E-state index contributed by atoms with van der Waals surface area (Å²) in [4.78, 5) is 0. The van der Waals surface area contributed by atoms with Crippen LogP contribution in [0.1, 0.15) is 0 Å². The highest BCUT2D eigenvalue weighted by molar-refractivity contribution is 5.31. The van der Waals surface area contributed by atoms with Gasteiger partial charge in [0.2, 0.25) is 0 Å². The summed E-state index contributed by atoms with van der Waals surface area (Å²) in [5.74, 6) is 0.793. The van der Waals surface area contributed by atoms with E-state index in [0.717, 1.165) is 32.1 Å². The lowest BCUT2D eigenvalue weighted by Crippen LogP contribution is -2.42. The molecule has 2 N–H and O–H groups in total. The zero-order valence-electron chi connectivity index (χ0n) is 7.94. The number of morpholine rings is 1. The van der Waals surface area contributed by atoms with E-state index in [2.05, 4.69) is 20.8 Å². The van der Waals surface area contributed by atoms with Gasteiger partial charge in [-0.15, -0.1) is 5.10 Å². The Balaban J connectivity index is 1.76. The zero-order valence-corrected chi connectivity index (χ0v) is 7.94. The molecule has 0 aliphatic carbocycles. The van der Waals surface area contributed by atoms with Crippen LogP contribution in [0.25, 0.3) is 0 Å². The summed E-state index contributed by atoms with van der Waals surface area (Å²) in [5, 5.41) is 14.2. The lowest BCUT2D eigenvalue weighted by atomic mass is 10.3. The van der Waals surface area contributed by atoms with Crippen LogP contribution in [0.5, 0.6) is 0 Å². The summed E-state index contributed by atoms with van der Waals surface area (Å²) >= 11 is 0. The van der Waals surface area contributed by atoms with Crippen molar-refractivity contribution in [3.8, 4) is 0 Å². The lowest BCUT2D eigenvalue weighted by Gasteiger charge is -2.23. The molecule has 1 aliphatic rings. The summed E-state index contributed by atoms with van der Waals surface area (Å²) < 4.78 is 5.53. The van der Waals surface area contributed by atoms with E-state index in [0.29, 0.717) is 0 Å². The first-order valence-corrected chi connectivity index (χ1v) is 4.79. The highest BCUT2D eigenvalue weighted by Crippen LogP contribution is 2.01. The van der Waals surface area contributed by atoms with Crippen LogP contribution in [-0.2, 0) is 4.74 Å². The van der Waals surface area contributed by atoms with Gasteiger partial charge in [0, 0.05) is 25.8 Å². The molecule has 5 heteroatoms. The molecule has 1 atom stereocenters. The largest absolute Gasteiger partial charge is 0.374 e. The highest BCUT2D eigenvalue weighted by Gasteiger charge is 2.12. The van der Waals surface area contributed by atoms with E-state index in [1.807, 2.05) is 12.1 Å². The molecule has 1 saturated heterocycles. The van der Waals surface area contributed by atoms with Gasteiger partial charge >= 0.3 is 0 Å². The molecule has 2 heterocycles. The molecule has 0 spiro atoms. The van der Waals surface area contributed by atoms with Crippen molar-refractivity contribution in [2.45, 2.75) is 6.10 Å². The van der Waals surface area contributed by atoms with Crippen molar-refractivity contribution in [3.05, 3.63) is 18.3 Å². The van der Waals surface area contributed by atoms with Gasteiger partial charge in [0.05, 0.1) is 12.7 Å². The van der Waals surface area contributed by atoms with Crippen molar-refractivity contribution >= 4 is 5.82 Å². The molecule has 76 valence electrons. The van der Waals surface area contributed by atoms with E-state index in [4.69, 9.17) is 4.74 Å². The molecule has 0 amide bonds. The fraction of sp³-hybridized carbons (Fsp3) is 0.556. The van der Waals surface area contributed by atoms with E-state index in [1.165, 1.54) is 0 Å². The van der Waals surface area contributed by atoms with Gasteiger partial charge in [0.1, 0.15) is 5.82 Å². The van der Waals surface area contributed by atoms with Crippen molar-refractivity contribution in [1.82, 2.24) is 15.5 Å². The molecule has 1 aromatic rings. The fourth-order valence-electron chi connectivity index (χ4n) is 1.37. The van der Waals surface area contributed by atoms with Crippen LogP contribution < -0.4 is 10.6 Å². The molecule has 0 unspecified atom stereocenters. The van der Waals surface area contributed by atoms with Gasteiger partial charge in [-0.2, -0.15) is 5.10 Å². The molecule has 14 heavy (non-hydrogen) atoms. The Hall–Kier alpha value is -1.20. The second kappa shape index (κ2) is 4.88. The first-order valence-electron chi connectivity index (χ1n) is 4.79. The van der Waals surface area contributed by atoms with Crippen LogP contribution in [0.2, 0.25) is 0 Å². The van der Waals surface area contributed by atoms with E-state index in [9.17, 15) is 0 Å². The molecule has 1 aliphatic heterocycles. The number of rotatable bonds is 3. The average Bonchev–Trinajstić information content (AvgIpc) is 2.29. The van der Waals surface area contributed by atoms with Gasteiger partial charge in [-0.1, -0.05) is 0 Å². The number of nitrogens with one attached hydrogen (secondary N) is 2. The Morgan fingerprint density at radius 3 is 3.36 bits per heavy atom. The molecular weight excluding hydrogens is 180 g/mol. The summed E-state index contributed by atoms with van der Waals surface area (Å²) in [6.45, 7) is 3.40. The van der Waals surface area contributed by atoms with E-state index in [-0.39, 0.29) is 6.10 Å². The first kappa shape index (κ1) is 9.36. The Morgan fingerprint density at radius 1 is 1.64 bits per heavy atom. The van der Waals surface area contributed by atoms with Crippen LogP contribution in [0, 0.1) is 0 Å². The quantitative estimate of drug-likeness (QED) is 0.702. The monoisotopic (exact) mass is 194 g/mol. The Bertz CT molecular complexity index is 261. The van der Waals surface area contributed by atoms with Crippen molar-refractivity contribution in [2.24, 2.45) is 0 Å². The van der Waals surface area contributed by atoms with E-state index < -0.39 is 0 Å². The number of ether oxygens (including phenoxy) is 1. The maximum absolute atomic E-state index is 5.53. The van der Waals surface area contributed by atoms with Crippen LogP contribution in [0.15, 0.2) is 18.3 Å². The molecule has 0 bridgehead atoms. The van der Waals surface area contributed by atoms with Gasteiger partial charge in [-0.3, -0.25) is 0 Å². The molecule has 1 fully saturated rings. The minimum absolute atomic E-state index is 0.228. The van der Waals surface area contributed by atoms with Gasteiger partial charge in [0.15, 0.2) is 0 Å².